The number of halogens is 2. The first-order chi connectivity index (χ1) is 9.69. The van der Waals surface area contributed by atoms with Crippen LogP contribution in [-0.2, 0) is 6.61 Å². The van der Waals surface area contributed by atoms with Crippen LogP contribution in [0.15, 0.2) is 42.5 Å². The average Bonchev–Trinajstić information content (AvgIpc) is 2.46. The maximum absolute atomic E-state index is 13.7. The molecule has 0 bridgehead atoms. The number of benzene rings is 2. The highest BCUT2D eigenvalue weighted by Gasteiger charge is 2.02. The molecule has 0 unspecified atom stereocenters. The standard InChI is InChI=1S/C16H12ClFO2/c17-9-1-2-13-5-8-15(10-16(13)18)20-11-12-3-6-14(19)7-4-12/h3-8,10,19H,9,11H2. The lowest BCUT2D eigenvalue weighted by Gasteiger charge is -2.07. The fraction of sp³-hybridized carbons (Fsp3) is 0.125. The molecule has 0 fully saturated rings. The van der Waals surface area contributed by atoms with E-state index in [0.29, 0.717) is 17.9 Å². The Labute approximate surface area is 121 Å². The second-order valence-electron chi connectivity index (χ2n) is 4.03. The van der Waals surface area contributed by atoms with Crippen molar-refractivity contribution in [2.45, 2.75) is 6.61 Å². The van der Waals surface area contributed by atoms with E-state index in [-0.39, 0.29) is 11.6 Å². The van der Waals surface area contributed by atoms with Gasteiger partial charge in [-0.25, -0.2) is 4.39 Å². The van der Waals surface area contributed by atoms with Gasteiger partial charge in [0.2, 0.25) is 0 Å². The third-order valence-corrected chi connectivity index (χ3v) is 2.71. The number of rotatable bonds is 3. The lowest BCUT2D eigenvalue weighted by Crippen LogP contribution is -1.96. The molecule has 102 valence electrons. The van der Waals surface area contributed by atoms with Gasteiger partial charge in [0.05, 0.1) is 11.4 Å². The van der Waals surface area contributed by atoms with Gasteiger partial charge in [-0.15, -0.1) is 11.6 Å². The number of alkyl halides is 1. The van der Waals surface area contributed by atoms with E-state index in [1.165, 1.54) is 6.07 Å². The van der Waals surface area contributed by atoms with Crippen LogP contribution in [0.1, 0.15) is 11.1 Å². The number of ether oxygens (including phenoxy) is 1. The summed E-state index contributed by atoms with van der Waals surface area (Å²) < 4.78 is 19.2. The summed E-state index contributed by atoms with van der Waals surface area (Å²) in [6, 6.07) is 11.1. The van der Waals surface area contributed by atoms with Gasteiger partial charge in [0, 0.05) is 6.07 Å². The molecule has 0 atom stereocenters. The molecule has 0 saturated carbocycles. The van der Waals surface area contributed by atoms with Crippen LogP contribution in [0.2, 0.25) is 0 Å². The second kappa shape index (κ2) is 6.83. The molecule has 0 aliphatic rings. The zero-order valence-corrected chi connectivity index (χ0v) is 11.3. The zero-order valence-electron chi connectivity index (χ0n) is 10.6. The first kappa shape index (κ1) is 14.2. The summed E-state index contributed by atoms with van der Waals surface area (Å²) in [6.45, 7) is 0.298. The number of hydrogen-bond donors (Lipinski definition) is 1. The summed E-state index contributed by atoms with van der Waals surface area (Å²) in [4.78, 5) is 0. The van der Waals surface area contributed by atoms with E-state index in [1.54, 1.807) is 36.4 Å². The van der Waals surface area contributed by atoms with E-state index in [0.717, 1.165) is 5.56 Å². The van der Waals surface area contributed by atoms with E-state index in [9.17, 15) is 4.39 Å². The minimum Gasteiger partial charge on any atom is -0.508 e. The predicted octanol–water partition coefficient (Wildman–Crippen LogP) is 3.70. The summed E-state index contributed by atoms with van der Waals surface area (Å²) in [5.41, 5.74) is 1.18. The summed E-state index contributed by atoms with van der Waals surface area (Å²) in [5, 5.41) is 9.17. The molecule has 0 spiro atoms. The Kier molecular flexibility index (Phi) is 4.86. The van der Waals surface area contributed by atoms with Crippen LogP contribution in [0.25, 0.3) is 0 Å². The van der Waals surface area contributed by atoms with E-state index in [4.69, 9.17) is 21.4 Å². The quantitative estimate of drug-likeness (QED) is 0.690. The molecule has 0 heterocycles. The minimum absolute atomic E-state index is 0.165. The zero-order chi connectivity index (χ0) is 14.4. The maximum atomic E-state index is 13.7. The van der Waals surface area contributed by atoms with Gasteiger partial charge in [-0.3, -0.25) is 0 Å². The van der Waals surface area contributed by atoms with Crippen LogP contribution in [0.4, 0.5) is 4.39 Å². The molecule has 4 heteroatoms. The molecule has 0 amide bonds. The SMILES string of the molecule is Oc1ccc(COc2ccc(C#CCCl)c(F)c2)cc1. The third-order valence-electron chi connectivity index (χ3n) is 2.57. The summed E-state index contributed by atoms with van der Waals surface area (Å²) >= 11 is 5.43. The maximum Gasteiger partial charge on any atom is 0.142 e. The Hall–Kier alpha value is -2.18. The lowest BCUT2D eigenvalue weighted by atomic mass is 10.2. The number of phenolic OH excluding ortho intramolecular Hbond substituents is 1. The van der Waals surface area contributed by atoms with Crippen LogP contribution in [0.3, 0.4) is 0 Å². The van der Waals surface area contributed by atoms with Crippen LogP contribution in [0, 0.1) is 17.7 Å². The van der Waals surface area contributed by atoms with Crippen LogP contribution >= 0.6 is 11.6 Å². The largest absolute Gasteiger partial charge is 0.508 e. The number of aromatic hydroxyl groups is 1. The monoisotopic (exact) mass is 290 g/mol. The van der Waals surface area contributed by atoms with Crippen molar-refractivity contribution in [3.63, 3.8) is 0 Å². The van der Waals surface area contributed by atoms with Gasteiger partial charge in [0.1, 0.15) is 23.9 Å². The van der Waals surface area contributed by atoms with Gasteiger partial charge in [0.25, 0.3) is 0 Å². The molecule has 0 aliphatic heterocycles. The summed E-state index contributed by atoms with van der Waals surface area (Å²) in [6.07, 6.45) is 0. The Morgan fingerprint density at radius 2 is 1.90 bits per heavy atom. The molecule has 0 aromatic heterocycles. The number of phenols is 1. The minimum atomic E-state index is -0.439. The lowest BCUT2D eigenvalue weighted by molar-refractivity contribution is 0.304. The van der Waals surface area contributed by atoms with Gasteiger partial charge in [-0.2, -0.15) is 0 Å². The van der Waals surface area contributed by atoms with E-state index in [1.807, 2.05) is 0 Å². The topological polar surface area (TPSA) is 29.5 Å². The molecule has 1 N–H and O–H groups in total. The molecule has 0 radical (unpaired) electrons. The summed E-state index contributed by atoms with van der Waals surface area (Å²) in [5.74, 6) is 5.57. The molecule has 2 nitrogen and oxygen atoms in total. The fourth-order valence-corrected chi connectivity index (χ4v) is 1.64. The smallest absolute Gasteiger partial charge is 0.142 e. The van der Waals surface area contributed by atoms with Crippen molar-refractivity contribution in [2.24, 2.45) is 0 Å². The second-order valence-corrected chi connectivity index (χ2v) is 4.30. The molecule has 0 saturated heterocycles. The van der Waals surface area contributed by atoms with Crippen molar-refractivity contribution in [1.82, 2.24) is 0 Å². The molecule has 2 aromatic rings. The Bertz CT molecular complexity index is 642. The number of hydrogen-bond acceptors (Lipinski definition) is 2. The first-order valence-corrected chi connectivity index (χ1v) is 6.47. The van der Waals surface area contributed by atoms with Crippen LogP contribution < -0.4 is 4.74 Å². The van der Waals surface area contributed by atoms with Crippen LogP contribution in [-0.4, -0.2) is 11.0 Å². The van der Waals surface area contributed by atoms with E-state index >= 15 is 0 Å². The highest BCUT2D eigenvalue weighted by molar-refractivity contribution is 6.19. The summed E-state index contributed by atoms with van der Waals surface area (Å²) in [7, 11) is 0. The van der Waals surface area contributed by atoms with Crippen molar-refractivity contribution in [1.29, 1.82) is 0 Å². The molecule has 20 heavy (non-hydrogen) atoms. The van der Waals surface area contributed by atoms with Crippen molar-refractivity contribution >= 4 is 11.6 Å². The Morgan fingerprint density at radius 1 is 1.15 bits per heavy atom. The van der Waals surface area contributed by atoms with E-state index in [2.05, 4.69) is 11.8 Å². The Balaban J connectivity index is 2.03. The van der Waals surface area contributed by atoms with Crippen molar-refractivity contribution in [2.75, 3.05) is 5.88 Å². The van der Waals surface area contributed by atoms with Crippen molar-refractivity contribution in [3.8, 4) is 23.3 Å². The fourth-order valence-electron chi connectivity index (χ4n) is 1.57. The highest BCUT2D eigenvalue weighted by atomic mass is 35.5. The predicted molar refractivity (Wildman–Crippen MR) is 76.4 cm³/mol. The molecular weight excluding hydrogens is 279 g/mol. The Morgan fingerprint density at radius 3 is 2.55 bits per heavy atom. The molecule has 2 aromatic carbocycles. The first-order valence-electron chi connectivity index (χ1n) is 5.94. The van der Waals surface area contributed by atoms with Gasteiger partial charge < -0.3 is 9.84 Å². The van der Waals surface area contributed by atoms with Crippen LogP contribution in [0.5, 0.6) is 11.5 Å². The van der Waals surface area contributed by atoms with E-state index < -0.39 is 5.82 Å². The molecule has 2 rings (SSSR count). The third kappa shape index (κ3) is 3.91. The average molecular weight is 291 g/mol. The highest BCUT2D eigenvalue weighted by Crippen LogP contribution is 2.18. The molecular formula is C16H12ClFO2. The van der Waals surface area contributed by atoms with Gasteiger partial charge in [-0.1, -0.05) is 24.0 Å². The van der Waals surface area contributed by atoms with Gasteiger partial charge in [0.15, 0.2) is 0 Å². The van der Waals surface area contributed by atoms with Gasteiger partial charge >= 0.3 is 0 Å². The van der Waals surface area contributed by atoms with Crippen molar-refractivity contribution < 1.29 is 14.2 Å². The van der Waals surface area contributed by atoms with Gasteiger partial charge in [-0.05, 0) is 29.8 Å². The van der Waals surface area contributed by atoms with Crippen molar-refractivity contribution in [3.05, 3.63) is 59.4 Å². The molecule has 0 aliphatic carbocycles. The normalized spacial score (nSPS) is 9.70.